The molecular formula is C14H11BrN4O3S2. The number of halogens is 1. The number of nitrogens with zero attached hydrogens (tertiary/aromatic N) is 4. The van der Waals surface area contributed by atoms with E-state index in [0.29, 0.717) is 15.4 Å². The number of fused-ring (bicyclic) bond motifs is 1. The zero-order valence-corrected chi connectivity index (χ0v) is 15.9. The van der Waals surface area contributed by atoms with Crippen LogP contribution in [0.2, 0.25) is 0 Å². The van der Waals surface area contributed by atoms with Gasteiger partial charge in [0, 0.05) is 4.47 Å². The van der Waals surface area contributed by atoms with Crippen LogP contribution in [0.15, 0.2) is 27.7 Å². The van der Waals surface area contributed by atoms with Crippen molar-refractivity contribution in [3.05, 3.63) is 38.0 Å². The van der Waals surface area contributed by atoms with E-state index in [9.17, 15) is 9.59 Å². The van der Waals surface area contributed by atoms with Crippen molar-refractivity contribution in [2.75, 3.05) is 7.11 Å². The van der Waals surface area contributed by atoms with E-state index in [4.69, 9.17) is 4.74 Å². The van der Waals surface area contributed by atoms with E-state index >= 15 is 0 Å². The van der Waals surface area contributed by atoms with E-state index in [1.54, 1.807) is 11.5 Å². The average Bonchev–Trinajstić information content (AvgIpc) is 3.11. The maximum absolute atomic E-state index is 12.4. The van der Waals surface area contributed by atoms with Gasteiger partial charge in [0.05, 0.1) is 23.0 Å². The highest BCUT2D eigenvalue weighted by molar-refractivity contribution is 9.10. The first-order valence-electron chi connectivity index (χ1n) is 6.73. The van der Waals surface area contributed by atoms with Crippen molar-refractivity contribution in [1.82, 2.24) is 14.2 Å². The zero-order valence-electron chi connectivity index (χ0n) is 12.6. The fourth-order valence-corrected chi connectivity index (χ4v) is 4.17. The molecule has 0 aliphatic carbocycles. The summed E-state index contributed by atoms with van der Waals surface area (Å²) in [4.78, 5) is 29.1. The van der Waals surface area contributed by atoms with Crippen molar-refractivity contribution in [3.8, 4) is 0 Å². The van der Waals surface area contributed by atoms with Crippen molar-refractivity contribution in [2.45, 2.75) is 13.5 Å². The van der Waals surface area contributed by atoms with Gasteiger partial charge in [-0.1, -0.05) is 31.8 Å². The van der Waals surface area contributed by atoms with Crippen LogP contribution < -0.4 is 4.80 Å². The highest BCUT2D eigenvalue weighted by atomic mass is 79.9. The van der Waals surface area contributed by atoms with E-state index in [1.165, 1.54) is 18.4 Å². The van der Waals surface area contributed by atoms with Gasteiger partial charge in [-0.3, -0.25) is 9.59 Å². The van der Waals surface area contributed by atoms with Crippen LogP contribution in [0.3, 0.4) is 0 Å². The molecule has 1 amide bonds. The van der Waals surface area contributed by atoms with Crippen LogP contribution in [0.25, 0.3) is 10.2 Å². The lowest BCUT2D eigenvalue weighted by Gasteiger charge is -2.03. The highest BCUT2D eigenvalue weighted by Crippen LogP contribution is 2.22. The molecule has 0 aliphatic heterocycles. The Labute approximate surface area is 152 Å². The SMILES string of the molecule is COC(=O)Cn1c(=NC(=O)c2snnc2C)sc2cc(Br)ccc21. The van der Waals surface area contributed by atoms with Crippen LogP contribution in [0, 0.1) is 6.92 Å². The summed E-state index contributed by atoms with van der Waals surface area (Å²) in [6, 6.07) is 5.64. The van der Waals surface area contributed by atoms with E-state index in [0.717, 1.165) is 26.2 Å². The van der Waals surface area contributed by atoms with Gasteiger partial charge < -0.3 is 9.30 Å². The van der Waals surface area contributed by atoms with Crippen molar-refractivity contribution >= 4 is 60.9 Å². The Morgan fingerprint density at radius 2 is 2.21 bits per heavy atom. The number of esters is 1. The van der Waals surface area contributed by atoms with Crippen molar-refractivity contribution in [1.29, 1.82) is 0 Å². The van der Waals surface area contributed by atoms with Crippen LogP contribution in [0.5, 0.6) is 0 Å². The van der Waals surface area contributed by atoms with Gasteiger partial charge in [-0.2, -0.15) is 4.99 Å². The molecule has 0 saturated heterocycles. The predicted octanol–water partition coefficient (Wildman–Crippen LogP) is 2.54. The minimum Gasteiger partial charge on any atom is -0.468 e. The number of aromatic nitrogens is 3. The zero-order chi connectivity index (χ0) is 17.3. The number of carbonyl (C=O) groups excluding carboxylic acids is 2. The van der Waals surface area contributed by atoms with Crippen molar-refractivity contribution < 1.29 is 14.3 Å². The molecule has 0 spiro atoms. The molecule has 3 rings (SSSR count). The van der Waals surface area contributed by atoms with Gasteiger partial charge in [0.15, 0.2) is 4.80 Å². The molecule has 0 radical (unpaired) electrons. The van der Waals surface area contributed by atoms with Gasteiger partial charge in [0.1, 0.15) is 11.4 Å². The number of methoxy groups -OCH3 is 1. The van der Waals surface area contributed by atoms with Gasteiger partial charge in [-0.15, -0.1) is 5.10 Å². The molecule has 24 heavy (non-hydrogen) atoms. The fraction of sp³-hybridized carbons (Fsp3) is 0.214. The summed E-state index contributed by atoms with van der Waals surface area (Å²) < 4.78 is 12.0. The van der Waals surface area contributed by atoms with E-state index in [-0.39, 0.29) is 6.54 Å². The van der Waals surface area contributed by atoms with Crippen LogP contribution in [-0.2, 0) is 16.1 Å². The van der Waals surface area contributed by atoms with Gasteiger partial charge in [-0.25, -0.2) is 0 Å². The van der Waals surface area contributed by atoms with Gasteiger partial charge in [-0.05, 0) is 36.7 Å². The average molecular weight is 427 g/mol. The number of amides is 1. The molecule has 0 unspecified atom stereocenters. The number of hydrogen-bond acceptors (Lipinski definition) is 7. The molecule has 0 fully saturated rings. The standard InChI is InChI=1S/C14H11BrN4O3S2/c1-7-12(24-18-17-7)13(21)16-14-19(6-11(20)22-2)9-4-3-8(15)5-10(9)23-14/h3-5H,6H2,1-2H3. The first kappa shape index (κ1) is 16.9. The first-order chi connectivity index (χ1) is 11.5. The molecule has 0 N–H and O–H groups in total. The number of carbonyl (C=O) groups is 2. The third-order valence-electron chi connectivity index (χ3n) is 3.20. The van der Waals surface area contributed by atoms with Crippen LogP contribution >= 0.6 is 38.8 Å². The lowest BCUT2D eigenvalue weighted by molar-refractivity contribution is -0.141. The summed E-state index contributed by atoms with van der Waals surface area (Å²) in [6.45, 7) is 1.68. The van der Waals surface area contributed by atoms with E-state index in [1.807, 2.05) is 18.2 Å². The number of rotatable bonds is 3. The summed E-state index contributed by atoms with van der Waals surface area (Å²) in [6.07, 6.45) is 0. The Morgan fingerprint density at radius 1 is 1.42 bits per heavy atom. The Kier molecular flexibility index (Phi) is 4.88. The fourth-order valence-electron chi connectivity index (χ4n) is 2.04. The van der Waals surface area contributed by atoms with E-state index in [2.05, 4.69) is 30.5 Å². The minimum atomic E-state index is -0.424. The number of ether oxygens (including phenoxy) is 1. The second kappa shape index (κ2) is 6.91. The first-order valence-corrected chi connectivity index (χ1v) is 9.11. The molecular weight excluding hydrogens is 416 g/mol. The molecule has 1 aromatic carbocycles. The Balaban J connectivity index is 2.17. The summed E-state index contributed by atoms with van der Waals surface area (Å²) >= 11 is 5.74. The quantitative estimate of drug-likeness (QED) is 0.600. The van der Waals surface area contributed by atoms with E-state index < -0.39 is 11.9 Å². The van der Waals surface area contributed by atoms with Crippen molar-refractivity contribution in [2.24, 2.45) is 4.99 Å². The highest BCUT2D eigenvalue weighted by Gasteiger charge is 2.15. The van der Waals surface area contributed by atoms with Gasteiger partial charge >= 0.3 is 5.97 Å². The third-order valence-corrected chi connectivity index (χ3v) is 5.55. The largest absolute Gasteiger partial charge is 0.468 e. The molecule has 2 aromatic heterocycles. The minimum absolute atomic E-state index is 0.0236. The Hall–Kier alpha value is -1.91. The summed E-state index contributed by atoms with van der Waals surface area (Å²) in [7, 11) is 1.32. The topological polar surface area (TPSA) is 86.4 Å². The van der Waals surface area contributed by atoms with Gasteiger partial charge in [0.25, 0.3) is 5.91 Å². The molecule has 10 heteroatoms. The number of thiazole rings is 1. The lowest BCUT2D eigenvalue weighted by atomic mass is 10.3. The molecule has 124 valence electrons. The van der Waals surface area contributed by atoms with Crippen molar-refractivity contribution in [3.63, 3.8) is 0 Å². The molecule has 2 heterocycles. The predicted molar refractivity (Wildman–Crippen MR) is 94.1 cm³/mol. The van der Waals surface area contributed by atoms with Crippen LogP contribution in [0.1, 0.15) is 15.4 Å². The smallest absolute Gasteiger partial charge is 0.325 e. The summed E-state index contributed by atoms with van der Waals surface area (Å²) in [5.41, 5.74) is 1.34. The molecule has 7 nitrogen and oxygen atoms in total. The van der Waals surface area contributed by atoms with Crippen LogP contribution in [-0.4, -0.2) is 33.1 Å². The molecule has 3 aromatic rings. The Bertz CT molecular complexity index is 1010. The second-order valence-corrected chi connectivity index (χ2v) is 7.44. The maximum atomic E-state index is 12.4. The molecule has 0 bridgehead atoms. The molecule has 0 saturated carbocycles. The third kappa shape index (κ3) is 3.30. The maximum Gasteiger partial charge on any atom is 0.325 e. The normalized spacial score (nSPS) is 11.9. The Morgan fingerprint density at radius 3 is 2.88 bits per heavy atom. The lowest BCUT2D eigenvalue weighted by Crippen LogP contribution is -2.22. The molecule has 0 aliphatic rings. The number of hydrogen-bond donors (Lipinski definition) is 0. The monoisotopic (exact) mass is 426 g/mol. The number of benzene rings is 1. The van der Waals surface area contributed by atoms with Gasteiger partial charge in [0.2, 0.25) is 0 Å². The summed E-state index contributed by atoms with van der Waals surface area (Å²) in [5, 5.41) is 3.82. The van der Waals surface area contributed by atoms with Crippen LogP contribution in [0.4, 0.5) is 0 Å². The molecule has 0 atom stereocenters. The number of aryl methyl sites for hydroxylation is 1. The summed E-state index contributed by atoms with van der Waals surface area (Å²) in [5.74, 6) is -0.839. The second-order valence-electron chi connectivity index (χ2n) is 4.76.